The van der Waals surface area contributed by atoms with E-state index in [0.29, 0.717) is 5.75 Å². The molecule has 1 aromatic rings. The van der Waals surface area contributed by atoms with Crippen LogP contribution in [0.5, 0.6) is 5.75 Å². The molecule has 1 unspecified atom stereocenters. The van der Waals surface area contributed by atoms with E-state index < -0.39 is 17.4 Å². The third-order valence-corrected chi connectivity index (χ3v) is 3.63. The van der Waals surface area contributed by atoms with Gasteiger partial charge in [0, 0.05) is 11.6 Å². The van der Waals surface area contributed by atoms with Crippen LogP contribution in [0.25, 0.3) is 0 Å². The first-order chi connectivity index (χ1) is 8.69. The number of rotatable bonds is 5. The van der Waals surface area contributed by atoms with Crippen molar-refractivity contribution in [3.63, 3.8) is 0 Å². The van der Waals surface area contributed by atoms with Crippen molar-refractivity contribution in [3.8, 4) is 5.75 Å². The van der Waals surface area contributed by atoms with E-state index in [-0.39, 0.29) is 6.42 Å². The van der Waals surface area contributed by atoms with E-state index in [1.807, 2.05) is 39.8 Å². The first-order valence-electron chi connectivity index (χ1n) is 6.31. The second kappa shape index (κ2) is 5.61. The van der Waals surface area contributed by atoms with Gasteiger partial charge in [-0.25, -0.2) is 0 Å². The molecule has 1 aromatic carbocycles. The summed E-state index contributed by atoms with van der Waals surface area (Å²) in [6, 6.07) is 3.54. The lowest BCUT2D eigenvalue weighted by Crippen LogP contribution is -2.32. The average molecular weight is 265 g/mol. The molecule has 4 heteroatoms. The normalized spacial score (nSPS) is 13.2. The predicted octanol–water partition coefficient (Wildman–Crippen LogP) is 2.81. The largest absolute Gasteiger partial charge is 0.496 e. The molecule has 0 radical (unpaired) electrons. The molecule has 0 amide bonds. The quantitative estimate of drug-likeness (QED) is 0.858. The number of benzene rings is 1. The Hall–Kier alpha value is -1.55. The minimum atomic E-state index is -0.844. The molecule has 0 spiro atoms. The first kappa shape index (κ1) is 15.5. The van der Waals surface area contributed by atoms with Gasteiger partial charge >= 0.3 is 5.97 Å². The van der Waals surface area contributed by atoms with Gasteiger partial charge in [0.1, 0.15) is 5.75 Å². The molecule has 0 aromatic heterocycles. The molecule has 0 bridgehead atoms. The number of ether oxygens (including phenoxy) is 1. The molecule has 106 valence electrons. The maximum absolute atomic E-state index is 10.9. The van der Waals surface area contributed by atoms with Crippen LogP contribution < -0.4 is 10.5 Å². The Balaban J connectivity index is 3.21. The van der Waals surface area contributed by atoms with E-state index in [1.54, 1.807) is 7.11 Å². The Labute approximate surface area is 114 Å². The van der Waals surface area contributed by atoms with E-state index in [0.717, 1.165) is 16.7 Å². The molecular formula is C15H23NO3. The topological polar surface area (TPSA) is 72.5 Å². The standard InChI is InChI=1S/C15H23NO3/c1-9-6-11(12(19-5)7-10(9)2)14(16)15(3,4)8-13(17)18/h6-7,14H,8,16H2,1-5H3,(H,17,18). The zero-order valence-corrected chi connectivity index (χ0v) is 12.3. The number of carbonyl (C=O) groups is 1. The number of hydrogen-bond acceptors (Lipinski definition) is 3. The van der Waals surface area contributed by atoms with E-state index in [2.05, 4.69) is 0 Å². The SMILES string of the molecule is COc1cc(C)c(C)cc1C(N)C(C)(C)CC(=O)O. The van der Waals surface area contributed by atoms with Gasteiger partial charge in [-0.3, -0.25) is 4.79 Å². The Morgan fingerprint density at radius 1 is 1.37 bits per heavy atom. The fourth-order valence-corrected chi connectivity index (χ4v) is 2.15. The second-order valence-electron chi connectivity index (χ2n) is 5.72. The highest BCUT2D eigenvalue weighted by molar-refractivity contribution is 5.67. The summed E-state index contributed by atoms with van der Waals surface area (Å²) >= 11 is 0. The third-order valence-electron chi connectivity index (χ3n) is 3.63. The maximum Gasteiger partial charge on any atom is 0.303 e. The molecule has 1 atom stereocenters. The van der Waals surface area contributed by atoms with E-state index in [9.17, 15) is 4.79 Å². The Morgan fingerprint density at radius 3 is 2.37 bits per heavy atom. The number of carboxylic acids is 1. The summed E-state index contributed by atoms with van der Waals surface area (Å²) in [5, 5.41) is 8.98. The van der Waals surface area contributed by atoms with Crippen molar-refractivity contribution < 1.29 is 14.6 Å². The summed E-state index contributed by atoms with van der Waals surface area (Å²) in [6.45, 7) is 7.74. The lowest BCUT2D eigenvalue weighted by atomic mass is 9.77. The minimum Gasteiger partial charge on any atom is -0.496 e. The summed E-state index contributed by atoms with van der Waals surface area (Å²) in [5.74, 6) is -0.127. The average Bonchev–Trinajstić information content (AvgIpc) is 2.29. The van der Waals surface area contributed by atoms with Gasteiger partial charge in [0.15, 0.2) is 0 Å². The van der Waals surface area contributed by atoms with Crippen LogP contribution in [0.15, 0.2) is 12.1 Å². The van der Waals surface area contributed by atoms with E-state index >= 15 is 0 Å². The second-order valence-corrected chi connectivity index (χ2v) is 5.72. The molecule has 0 aliphatic carbocycles. The molecule has 0 fully saturated rings. The highest BCUT2D eigenvalue weighted by Gasteiger charge is 2.32. The number of aliphatic carboxylic acids is 1. The van der Waals surface area contributed by atoms with Crippen molar-refractivity contribution in [1.82, 2.24) is 0 Å². The maximum atomic E-state index is 10.9. The van der Waals surface area contributed by atoms with E-state index in [1.165, 1.54) is 0 Å². The van der Waals surface area contributed by atoms with Gasteiger partial charge in [-0.15, -0.1) is 0 Å². The van der Waals surface area contributed by atoms with Crippen LogP contribution in [0.2, 0.25) is 0 Å². The van der Waals surface area contributed by atoms with Gasteiger partial charge in [0.25, 0.3) is 0 Å². The number of nitrogens with two attached hydrogens (primary N) is 1. The Morgan fingerprint density at radius 2 is 1.89 bits per heavy atom. The molecule has 0 aliphatic rings. The number of methoxy groups -OCH3 is 1. The van der Waals surface area contributed by atoms with Crippen LogP contribution in [-0.4, -0.2) is 18.2 Å². The van der Waals surface area contributed by atoms with Crippen molar-refractivity contribution in [2.45, 2.75) is 40.2 Å². The minimum absolute atomic E-state index is 0.0181. The fraction of sp³-hybridized carbons (Fsp3) is 0.533. The van der Waals surface area contributed by atoms with Gasteiger partial charge in [-0.2, -0.15) is 0 Å². The summed E-state index contributed by atoms with van der Waals surface area (Å²) < 4.78 is 5.38. The third kappa shape index (κ3) is 3.47. The summed E-state index contributed by atoms with van der Waals surface area (Å²) in [7, 11) is 1.60. The van der Waals surface area contributed by atoms with Crippen LogP contribution in [0.1, 0.15) is 43.0 Å². The van der Waals surface area contributed by atoms with Gasteiger partial charge in [-0.05, 0) is 36.5 Å². The highest BCUT2D eigenvalue weighted by atomic mass is 16.5. The molecule has 0 aliphatic heterocycles. The predicted molar refractivity (Wildman–Crippen MR) is 75.4 cm³/mol. The first-order valence-corrected chi connectivity index (χ1v) is 6.31. The zero-order chi connectivity index (χ0) is 14.8. The monoisotopic (exact) mass is 265 g/mol. The molecule has 0 saturated carbocycles. The highest BCUT2D eigenvalue weighted by Crippen LogP contribution is 2.39. The van der Waals surface area contributed by atoms with E-state index in [4.69, 9.17) is 15.6 Å². The lowest BCUT2D eigenvalue weighted by Gasteiger charge is -2.31. The fourth-order valence-electron chi connectivity index (χ4n) is 2.15. The molecule has 0 saturated heterocycles. The molecule has 19 heavy (non-hydrogen) atoms. The molecule has 1 rings (SSSR count). The van der Waals surface area contributed by atoms with Gasteiger partial charge in [0.05, 0.1) is 13.5 Å². The summed E-state index contributed by atoms with van der Waals surface area (Å²) in [6.07, 6.45) is 0.0181. The Kier molecular flexibility index (Phi) is 4.58. The number of aryl methyl sites for hydroxylation is 2. The van der Waals surface area contributed by atoms with Crippen molar-refractivity contribution in [2.75, 3.05) is 7.11 Å². The smallest absolute Gasteiger partial charge is 0.303 e. The summed E-state index contributed by atoms with van der Waals surface area (Å²) in [4.78, 5) is 10.9. The van der Waals surface area contributed by atoms with Crippen molar-refractivity contribution in [3.05, 3.63) is 28.8 Å². The van der Waals surface area contributed by atoms with Crippen LogP contribution in [0.4, 0.5) is 0 Å². The van der Waals surface area contributed by atoms with Crippen LogP contribution >= 0.6 is 0 Å². The van der Waals surface area contributed by atoms with Gasteiger partial charge < -0.3 is 15.6 Å². The molecule has 0 heterocycles. The van der Waals surface area contributed by atoms with Crippen LogP contribution in [-0.2, 0) is 4.79 Å². The van der Waals surface area contributed by atoms with Crippen LogP contribution in [0.3, 0.4) is 0 Å². The zero-order valence-electron chi connectivity index (χ0n) is 12.3. The number of carboxylic acid groups (broad SMARTS) is 1. The lowest BCUT2D eigenvalue weighted by molar-refractivity contribution is -0.139. The molecule has 3 N–H and O–H groups in total. The van der Waals surface area contributed by atoms with Crippen LogP contribution in [0, 0.1) is 19.3 Å². The van der Waals surface area contributed by atoms with Crippen molar-refractivity contribution >= 4 is 5.97 Å². The van der Waals surface area contributed by atoms with Gasteiger partial charge in [-0.1, -0.05) is 19.9 Å². The van der Waals surface area contributed by atoms with Gasteiger partial charge in [0.2, 0.25) is 0 Å². The van der Waals surface area contributed by atoms with Crippen molar-refractivity contribution in [2.24, 2.45) is 11.1 Å². The number of hydrogen-bond donors (Lipinski definition) is 2. The Bertz CT molecular complexity index is 481. The molecular weight excluding hydrogens is 242 g/mol. The van der Waals surface area contributed by atoms with Crippen molar-refractivity contribution in [1.29, 1.82) is 0 Å². The molecule has 4 nitrogen and oxygen atoms in total. The summed E-state index contributed by atoms with van der Waals surface area (Å²) in [5.41, 5.74) is 8.84.